The molecule has 0 spiro atoms. The lowest BCUT2D eigenvalue weighted by atomic mass is 10.3. The maximum absolute atomic E-state index is 13.2. The van der Waals surface area contributed by atoms with Gasteiger partial charge in [0, 0.05) is 12.8 Å². The molecule has 106 valence electrons. The summed E-state index contributed by atoms with van der Waals surface area (Å²) in [6, 6.07) is 0. The molecule has 9 heteroatoms. The van der Waals surface area contributed by atoms with Crippen LogP contribution in [0.3, 0.4) is 0 Å². The van der Waals surface area contributed by atoms with Gasteiger partial charge in [0.15, 0.2) is 11.6 Å². The van der Waals surface area contributed by atoms with Gasteiger partial charge < -0.3 is 14.0 Å². The van der Waals surface area contributed by atoms with Crippen molar-refractivity contribution in [1.29, 1.82) is 0 Å². The van der Waals surface area contributed by atoms with Gasteiger partial charge in [-0.25, -0.2) is 17.6 Å². The minimum absolute atomic E-state index is 0.0876. The molecule has 0 saturated heterocycles. The summed E-state index contributed by atoms with van der Waals surface area (Å²) in [6.45, 7) is 0.873. The Balaban J connectivity index is 3.99. The van der Waals surface area contributed by atoms with Gasteiger partial charge in [0.1, 0.15) is 10.1 Å². The predicted octanol–water partition coefficient (Wildman–Crippen LogP) is 0.104. The first kappa shape index (κ1) is 16.8. The van der Waals surface area contributed by atoms with Crippen molar-refractivity contribution >= 4 is 22.1 Å². The second-order valence-electron chi connectivity index (χ2n) is 3.54. The Morgan fingerprint density at radius 2 is 1.83 bits per heavy atom. The van der Waals surface area contributed by atoms with Crippen LogP contribution in [0, 0.1) is 0 Å². The molecule has 0 aliphatic rings. The number of ether oxygens (including phenoxy) is 2. The number of halogens is 1. The molecule has 0 bridgehead atoms. The van der Waals surface area contributed by atoms with E-state index in [1.54, 1.807) is 0 Å². The first-order valence-electron chi connectivity index (χ1n) is 5.05. The minimum Gasteiger partial charge on any atom is -0.745 e. The first-order chi connectivity index (χ1) is 8.10. The average Bonchev–Trinajstić information content (AvgIpc) is 2.24. The molecule has 0 fully saturated rings. The summed E-state index contributed by atoms with van der Waals surface area (Å²) in [5.74, 6) is -1.56. The standard InChI is InChI=1S/C9H15FO7S/c1-3-7(11)17-6-8(12)16-5-4-9(2,10)18(13,14)15/h3-6H2,1-2H3,(H,13,14,15)/p-1. The molecule has 0 heterocycles. The molecule has 0 saturated carbocycles. The van der Waals surface area contributed by atoms with Gasteiger partial charge in [-0.05, 0) is 6.92 Å². The fourth-order valence-corrected chi connectivity index (χ4v) is 1.09. The third-order valence-corrected chi connectivity index (χ3v) is 3.22. The van der Waals surface area contributed by atoms with Gasteiger partial charge in [-0.3, -0.25) is 4.79 Å². The average molecular weight is 285 g/mol. The normalized spacial score (nSPS) is 14.7. The quantitative estimate of drug-likeness (QED) is 0.482. The number of carbonyl (C=O) groups is 2. The monoisotopic (exact) mass is 285 g/mol. The van der Waals surface area contributed by atoms with Crippen molar-refractivity contribution in [3.63, 3.8) is 0 Å². The fraction of sp³-hybridized carbons (Fsp3) is 0.778. The molecule has 0 radical (unpaired) electrons. The second kappa shape index (κ2) is 6.64. The van der Waals surface area contributed by atoms with Crippen LogP contribution >= 0.6 is 0 Å². The van der Waals surface area contributed by atoms with Crippen LogP contribution in [-0.4, -0.2) is 43.1 Å². The van der Waals surface area contributed by atoms with Crippen LogP contribution in [0.4, 0.5) is 4.39 Å². The van der Waals surface area contributed by atoms with E-state index in [0.29, 0.717) is 6.92 Å². The van der Waals surface area contributed by atoms with Crippen LogP contribution in [0.15, 0.2) is 0 Å². The molecule has 0 aliphatic carbocycles. The van der Waals surface area contributed by atoms with Gasteiger partial charge in [0.05, 0.1) is 6.61 Å². The number of rotatable bonds is 7. The molecule has 0 aromatic carbocycles. The Morgan fingerprint density at radius 1 is 1.28 bits per heavy atom. The van der Waals surface area contributed by atoms with Crippen LogP contribution in [0.5, 0.6) is 0 Å². The lowest BCUT2D eigenvalue weighted by molar-refractivity contribution is -0.158. The van der Waals surface area contributed by atoms with Crippen LogP contribution in [0.25, 0.3) is 0 Å². The maximum atomic E-state index is 13.2. The third kappa shape index (κ3) is 5.92. The molecule has 1 unspecified atom stereocenters. The molecule has 0 rings (SSSR count). The summed E-state index contributed by atoms with van der Waals surface area (Å²) in [7, 11) is -5.12. The fourth-order valence-electron chi connectivity index (χ4n) is 0.755. The topological polar surface area (TPSA) is 110 Å². The van der Waals surface area contributed by atoms with Gasteiger partial charge in [-0.1, -0.05) is 6.92 Å². The van der Waals surface area contributed by atoms with Crippen molar-refractivity contribution in [2.75, 3.05) is 13.2 Å². The second-order valence-corrected chi connectivity index (χ2v) is 5.30. The van der Waals surface area contributed by atoms with E-state index in [9.17, 15) is 27.0 Å². The van der Waals surface area contributed by atoms with E-state index in [-0.39, 0.29) is 6.42 Å². The van der Waals surface area contributed by atoms with Crippen LogP contribution in [0.2, 0.25) is 0 Å². The molecule has 7 nitrogen and oxygen atoms in total. The first-order valence-corrected chi connectivity index (χ1v) is 6.46. The highest BCUT2D eigenvalue weighted by atomic mass is 32.2. The minimum atomic E-state index is -5.12. The number of esters is 2. The van der Waals surface area contributed by atoms with E-state index in [0.717, 1.165) is 0 Å². The Kier molecular flexibility index (Phi) is 6.19. The zero-order chi connectivity index (χ0) is 14.4. The summed E-state index contributed by atoms with van der Waals surface area (Å²) in [5, 5.41) is -3.01. The highest BCUT2D eigenvalue weighted by Gasteiger charge is 2.31. The van der Waals surface area contributed by atoms with Crippen LogP contribution < -0.4 is 0 Å². The summed E-state index contributed by atoms with van der Waals surface area (Å²) < 4.78 is 53.4. The zero-order valence-corrected chi connectivity index (χ0v) is 10.8. The van der Waals surface area contributed by atoms with Crippen molar-refractivity contribution in [1.82, 2.24) is 0 Å². The molecule has 0 N–H and O–H groups in total. The van der Waals surface area contributed by atoms with Gasteiger partial charge in [-0.15, -0.1) is 0 Å². The number of hydrogen-bond acceptors (Lipinski definition) is 7. The summed E-state index contributed by atoms with van der Waals surface area (Å²) in [4.78, 5) is 21.6. The Bertz CT molecular complexity index is 401. The molecule has 18 heavy (non-hydrogen) atoms. The van der Waals surface area contributed by atoms with E-state index < -0.39 is 46.7 Å². The lowest BCUT2D eigenvalue weighted by Crippen LogP contribution is -2.32. The SMILES string of the molecule is CCC(=O)OCC(=O)OCCC(C)(F)S(=O)(=O)[O-]. The van der Waals surface area contributed by atoms with Crippen LogP contribution in [0.1, 0.15) is 26.7 Å². The van der Waals surface area contributed by atoms with Crippen LogP contribution in [-0.2, 0) is 29.2 Å². The molecule has 0 aromatic rings. The summed E-state index contributed by atoms with van der Waals surface area (Å²) in [6.07, 6.45) is -0.698. The van der Waals surface area contributed by atoms with E-state index in [1.807, 2.05) is 0 Å². The Morgan fingerprint density at radius 3 is 2.28 bits per heavy atom. The molecular formula is C9H14FO7S-. The Labute approximate surface area is 104 Å². The van der Waals surface area contributed by atoms with Crippen molar-refractivity contribution in [2.24, 2.45) is 0 Å². The van der Waals surface area contributed by atoms with Crippen molar-refractivity contribution in [3.05, 3.63) is 0 Å². The highest BCUT2D eigenvalue weighted by molar-refractivity contribution is 7.86. The van der Waals surface area contributed by atoms with E-state index in [1.165, 1.54) is 6.92 Å². The van der Waals surface area contributed by atoms with Crippen molar-refractivity contribution in [3.8, 4) is 0 Å². The largest absolute Gasteiger partial charge is 0.745 e. The highest BCUT2D eigenvalue weighted by Crippen LogP contribution is 2.21. The van der Waals surface area contributed by atoms with E-state index in [2.05, 4.69) is 9.47 Å². The van der Waals surface area contributed by atoms with Crippen molar-refractivity contribution < 1.29 is 36.4 Å². The summed E-state index contributed by atoms with van der Waals surface area (Å²) in [5.41, 5.74) is 0. The molecule has 1 atom stereocenters. The van der Waals surface area contributed by atoms with E-state index in [4.69, 9.17) is 0 Å². The van der Waals surface area contributed by atoms with Gasteiger partial charge in [-0.2, -0.15) is 0 Å². The molecule has 0 aromatic heterocycles. The van der Waals surface area contributed by atoms with Crippen molar-refractivity contribution in [2.45, 2.75) is 31.7 Å². The smallest absolute Gasteiger partial charge is 0.344 e. The third-order valence-electron chi connectivity index (χ3n) is 1.97. The zero-order valence-electron chi connectivity index (χ0n) is 9.97. The number of carbonyl (C=O) groups excluding carboxylic acids is 2. The predicted molar refractivity (Wildman–Crippen MR) is 56.0 cm³/mol. The number of hydrogen-bond donors (Lipinski definition) is 0. The van der Waals surface area contributed by atoms with Gasteiger partial charge >= 0.3 is 11.9 Å². The Hall–Kier alpha value is -1.22. The molecular weight excluding hydrogens is 271 g/mol. The maximum Gasteiger partial charge on any atom is 0.344 e. The number of alkyl halides is 1. The molecule has 0 aliphatic heterocycles. The van der Waals surface area contributed by atoms with E-state index >= 15 is 0 Å². The van der Waals surface area contributed by atoms with Gasteiger partial charge in [0.25, 0.3) is 0 Å². The lowest BCUT2D eigenvalue weighted by Gasteiger charge is -2.23. The summed E-state index contributed by atoms with van der Waals surface area (Å²) >= 11 is 0. The molecule has 0 amide bonds. The van der Waals surface area contributed by atoms with Gasteiger partial charge in [0.2, 0.25) is 0 Å².